The van der Waals surface area contributed by atoms with Crippen LogP contribution in [0, 0.1) is 0 Å². The highest BCUT2D eigenvalue weighted by molar-refractivity contribution is 6.01. The second kappa shape index (κ2) is 8.26. The molecular weight excluding hydrogens is 366 g/mol. The minimum Gasteiger partial charge on any atom is -0.357 e. The van der Waals surface area contributed by atoms with Crippen molar-refractivity contribution in [2.45, 2.75) is 6.54 Å². The number of amides is 2. The van der Waals surface area contributed by atoms with Crippen molar-refractivity contribution < 1.29 is 9.59 Å². The van der Waals surface area contributed by atoms with Crippen LogP contribution in [0.4, 0.5) is 0 Å². The quantitative estimate of drug-likeness (QED) is 0.461. The first-order valence-corrected chi connectivity index (χ1v) is 9.11. The molecule has 3 N–H and O–H groups in total. The molecule has 2 aromatic carbocycles. The number of benzene rings is 2. The van der Waals surface area contributed by atoms with Crippen molar-refractivity contribution in [2.24, 2.45) is 0 Å². The minimum atomic E-state index is -0.442. The van der Waals surface area contributed by atoms with Gasteiger partial charge in [-0.1, -0.05) is 60.7 Å². The van der Waals surface area contributed by atoms with Gasteiger partial charge in [-0.15, -0.1) is 0 Å². The van der Waals surface area contributed by atoms with Crippen LogP contribution in [0.1, 0.15) is 26.4 Å². The summed E-state index contributed by atoms with van der Waals surface area (Å²) in [5, 5.41) is 4.61. The maximum absolute atomic E-state index is 12.8. The van der Waals surface area contributed by atoms with Gasteiger partial charge in [-0.2, -0.15) is 5.10 Å². The molecule has 4 rings (SSSR count). The zero-order valence-corrected chi connectivity index (χ0v) is 15.5. The van der Waals surface area contributed by atoms with E-state index in [2.05, 4.69) is 20.9 Å². The van der Waals surface area contributed by atoms with Gasteiger partial charge in [-0.3, -0.25) is 25.1 Å². The normalized spacial score (nSPS) is 10.5. The summed E-state index contributed by atoms with van der Waals surface area (Å²) >= 11 is 0. The number of aromatic nitrogens is 3. The van der Waals surface area contributed by atoms with Gasteiger partial charge in [0.1, 0.15) is 11.4 Å². The summed E-state index contributed by atoms with van der Waals surface area (Å²) in [6.45, 7) is 0.531. The molecule has 0 spiro atoms. The number of nitrogens with zero attached hydrogens (tertiary/aromatic N) is 2. The first-order valence-electron chi connectivity index (χ1n) is 9.11. The molecule has 0 fully saturated rings. The Bertz CT molecular complexity index is 1100. The minimum absolute atomic E-state index is 0.355. The van der Waals surface area contributed by atoms with Crippen LogP contribution in [0.3, 0.4) is 0 Å². The van der Waals surface area contributed by atoms with Crippen LogP contribution in [0.5, 0.6) is 0 Å². The molecule has 0 atom stereocenters. The van der Waals surface area contributed by atoms with E-state index in [1.807, 2.05) is 60.7 Å². The van der Waals surface area contributed by atoms with Crippen molar-refractivity contribution in [1.82, 2.24) is 25.6 Å². The maximum Gasteiger partial charge on any atom is 0.286 e. The Hall–Kier alpha value is -4.13. The number of hydrogen-bond donors (Lipinski definition) is 3. The van der Waals surface area contributed by atoms with Crippen molar-refractivity contribution in [3.8, 4) is 11.3 Å². The molecule has 2 heterocycles. The number of carbonyl (C=O) groups is 2. The highest BCUT2D eigenvalue weighted by atomic mass is 16.2. The average molecular weight is 385 g/mol. The highest BCUT2D eigenvalue weighted by Crippen LogP contribution is 2.22. The second-order valence-electron chi connectivity index (χ2n) is 6.43. The molecule has 0 aliphatic heterocycles. The van der Waals surface area contributed by atoms with Gasteiger partial charge >= 0.3 is 0 Å². The fourth-order valence-electron chi connectivity index (χ4n) is 2.97. The van der Waals surface area contributed by atoms with Crippen LogP contribution in [0.15, 0.2) is 85.2 Å². The SMILES string of the molecule is O=C(NNC(=O)c1cn(Cc2ccccc2)nc1-c1ccccc1)c1ccc[nH]1. The summed E-state index contributed by atoms with van der Waals surface area (Å²) in [4.78, 5) is 27.6. The van der Waals surface area contributed by atoms with Gasteiger partial charge < -0.3 is 4.98 Å². The van der Waals surface area contributed by atoms with Crippen molar-refractivity contribution in [1.29, 1.82) is 0 Å². The van der Waals surface area contributed by atoms with E-state index in [4.69, 9.17) is 0 Å². The molecule has 29 heavy (non-hydrogen) atoms. The third kappa shape index (κ3) is 4.24. The van der Waals surface area contributed by atoms with E-state index in [1.165, 1.54) is 0 Å². The summed E-state index contributed by atoms with van der Waals surface area (Å²) in [7, 11) is 0. The van der Waals surface area contributed by atoms with Crippen LogP contribution in [0.25, 0.3) is 11.3 Å². The lowest BCUT2D eigenvalue weighted by Crippen LogP contribution is -2.41. The van der Waals surface area contributed by atoms with Gasteiger partial charge in [0.15, 0.2) is 0 Å². The lowest BCUT2D eigenvalue weighted by atomic mass is 10.1. The Morgan fingerprint density at radius 1 is 0.862 bits per heavy atom. The van der Waals surface area contributed by atoms with Gasteiger partial charge in [0.05, 0.1) is 12.1 Å². The Morgan fingerprint density at radius 2 is 1.55 bits per heavy atom. The van der Waals surface area contributed by atoms with E-state index in [0.29, 0.717) is 23.5 Å². The molecule has 7 heteroatoms. The molecule has 0 radical (unpaired) electrons. The summed E-state index contributed by atoms with van der Waals surface area (Å²) in [5.41, 5.74) is 8.05. The summed E-state index contributed by atoms with van der Waals surface area (Å²) in [6, 6.07) is 22.7. The van der Waals surface area contributed by atoms with Gasteiger partial charge in [0.25, 0.3) is 11.8 Å². The predicted molar refractivity (Wildman–Crippen MR) is 109 cm³/mol. The first-order chi connectivity index (χ1) is 14.2. The fourth-order valence-corrected chi connectivity index (χ4v) is 2.97. The number of hydrogen-bond acceptors (Lipinski definition) is 3. The van der Waals surface area contributed by atoms with Gasteiger partial charge in [-0.05, 0) is 17.7 Å². The van der Waals surface area contributed by atoms with Crippen LogP contribution in [-0.4, -0.2) is 26.6 Å². The van der Waals surface area contributed by atoms with Gasteiger partial charge in [-0.25, -0.2) is 0 Å². The van der Waals surface area contributed by atoms with Crippen molar-refractivity contribution in [2.75, 3.05) is 0 Å². The Labute approximate surface area is 167 Å². The largest absolute Gasteiger partial charge is 0.357 e. The van der Waals surface area contributed by atoms with E-state index >= 15 is 0 Å². The molecule has 0 bridgehead atoms. The van der Waals surface area contributed by atoms with Crippen molar-refractivity contribution in [3.05, 3.63) is 102 Å². The lowest BCUT2D eigenvalue weighted by molar-refractivity contribution is 0.0844. The molecule has 0 aliphatic rings. The molecule has 0 saturated carbocycles. The molecule has 4 aromatic rings. The van der Waals surface area contributed by atoms with Crippen LogP contribution >= 0.6 is 0 Å². The smallest absolute Gasteiger partial charge is 0.286 e. The molecule has 144 valence electrons. The molecule has 2 amide bonds. The van der Waals surface area contributed by atoms with Gasteiger partial charge in [0.2, 0.25) is 0 Å². The fraction of sp³-hybridized carbons (Fsp3) is 0.0455. The van der Waals surface area contributed by atoms with Crippen molar-refractivity contribution >= 4 is 11.8 Å². The number of rotatable bonds is 5. The number of carbonyl (C=O) groups excluding carboxylic acids is 2. The third-order valence-corrected chi connectivity index (χ3v) is 4.37. The molecule has 0 saturated heterocycles. The standard InChI is InChI=1S/C22H19N5O2/c28-21(24-25-22(29)19-12-7-13-23-19)18-15-27(14-16-8-3-1-4-9-16)26-20(18)17-10-5-2-6-11-17/h1-13,15,23H,14H2,(H,24,28)(H,25,29). The van der Waals surface area contributed by atoms with E-state index < -0.39 is 11.8 Å². The number of aromatic amines is 1. The number of H-pyrrole nitrogens is 1. The summed E-state index contributed by atoms with van der Waals surface area (Å²) in [5.74, 6) is -0.871. The molecular formula is C22H19N5O2. The van der Waals surface area contributed by atoms with Crippen LogP contribution in [0.2, 0.25) is 0 Å². The van der Waals surface area contributed by atoms with E-state index in [9.17, 15) is 9.59 Å². The highest BCUT2D eigenvalue weighted by Gasteiger charge is 2.19. The Kier molecular flexibility index (Phi) is 5.20. The van der Waals surface area contributed by atoms with Crippen LogP contribution in [-0.2, 0) is 6.54 Å². The molecule has 7 nitrogen and oxygen atoms in total. The molecule has 0 unspecified atom stereocenters. The van der Waals surface area contributed by atoms with Gasteiger partial charge in [0, 0.05) is 18.0 Å². The van der Waals surface area contributed by atoms with E-state index in [0.717, 1.165) is 11.1 Å². The van der Waals surface area contributed by atoms with Crippen LogP contribution < -0.4 is 10.9 Å². The Balaban J connectivity index is 1.58. The first kappa shape index (κ1) is 18.2. The zero-order valence-electron chi connectivity index (χ0n) is 15.5. The maximum atomic E-state index is 12.8. The van der Waals surface area contributed by atoms with Crippen molar-refractivity contribution in [3.63, 3.8) is 0 Å². The second-order valence-corrected chi connectivity index (χ2v) is 6.43. The topological polar surface area (TPSA) is 91.8 Å². The van der Waals surface area contributed by atoms with E-state index in [1.54, 1.807) is 29.2 Å². The lowest BCUT2D eigenvalue weighted by Gasteiger charge is -2.06. The summed E-state index contributed by atoms with van der Waals surface area (Å²) < 4.78 is 1.72. The molecule has 2 aromatic heterocycles. The zero-order chi connectivity index (χ0) is 20.1. The number of nitrogens with one attached hydrogen (secondary N) is 3. The monoisotopic (exact) mass is 385 g/mol. The predicted octanol–water partition coefficient (Wildman–Crippen LogP) is 3.00. The van der Waals surface area contributed by atoms with E-state index in [-0.39, 0.29) is 0 Å². The molecule has 0 aliphatic carbocycles. The Morgan fingerprint density at radius 3 is 2.24 bits per heavy atom. The number of hydrazine groups is 1. The third-order valence-electron chi connectivity index (χ3n) is 4.37. The summed E-state index contributed by atoms with van der Waals surface area (Å²) in [6.07, 6.45) is 3.32. The average Bonchev–Trinajstić information content (AvgIpc) is 3.44.